The largest absolute Gasteiger partial charge is 0.256 e. The zero-order valence-corrected chi connectivity index (χ0v) is 16.1. The van der Waals surface area contributed by atoms with Gasteiger partial charge in [-0.15, -0.1) is 0 Å². The Labute approximate surface area is 136 Å². The van der Waals surface area contributed by atoms with Gasteiger partial charge in [0.15, 0.2) is 0 Å². The smallest absolute Gasteiger partial charge is 0.0799 e. The van der Waals surface area contributed by atoms with Gasteiger partial charge >= 0.3 is 0 Å². The summed E-state index contributed by atoms with van der Waals surface area (Å²) in [6.45, 7) is 16.2. The van der Waals surface area contributed by atoms with Gasteiger partial charge in [-0.25, -0.2) is 0 Å². The van der Waals surface area contributed by atoms with Gasteiger partial charge in [-0.2, -0.15) is 0 Å². The van der Waals surface area contributed by atoms with Gasteiger partial charge in [0.1, 0.15) is 0 Å². The summed E-state index contributed by atoms with van der Waals surface area (Å²) in [5.74, 6) is 0. The summed E-state index contributed by atoms with van der Waals surface area (Å²) in [5, 5.41) is 1.49. The lowest BCUT2D eigenvalue weighted by atomic mass is 9.86. The van der Waals surface area contributed by atoms with Crippen LogP contribution in [0, 0.1) is 0 Å². The summed E-state index contributed by atoms with van der Waals surface area (Å²) in [6, 6.07) is 11.1. The monoisotopic (exact) mass is 311 g/mol. The fourth-order valence-electron chi connectivity index (χ4n) is 2.77. The normalized spacial score (nSPS) is 12.5. The van der Waals surface area contributed by atoms with Crippen molar-refractivity contribution in [2.24, 2.45) is 0 Å². The summed E-state index contributed by atoms with van der Waals surface area (Å²) in [5.41, 5.74) is 5.32. The molecule has 0 saturated carbocycles. The molecule has 0 radical (unpaired) electrons. The highest BCUT2D eigenvalue weighted by atomic mass is 28.3. The highest BCUT2D eigenvalue weighted by molar-refractivity contribution is 6.89. The standard InChI is InChI=1S/C20H29NSi/c1-8-15-13-18(21-14-19(15)22(5,6)7)16-10-9-11-17(12-16)20(2,3)4/h9-14H,8H2,1-7H3. The zero-order chi connectivity index (χ0) is 16.5. The Kier molecular flexibility index (Phi) is 4.62. The number of hydrogen-bond donors (Lipinski definition) is 0. The molecule has 0 N–H and O–H groups in total. The van der Waals surface area contributed by atoms with Crippen LogP contribution in [0.4, 0.5) is 0 Å². The molecular weight excluding hydrogens is 282 g/mol. The van der Waals surface area contributed by atoms with Gasteiger partial charge in [-0.1, -0.05) is 65.5 Å². The molecule has 0 fully saturated rings. The topological polar surface area (TPSA) is 12.9 Å². The first-order valence-electron chi connectivity index (χ1n) is 8.23. The first-order chi connectivity index (χ1) is 10.1. The van der Waals surface area contributed by atoms with Crippen molar-refractivity contribution in [2.45, 2.75) is 59.2 Å². The number of aryl methyl sites for hydroxylation is 1. The van der Waals surface area contributed by atoms with Gasteiger partial charge in [0.2, 0.25) is 0 Å². The third-order valence-corrected chi connectivity index (χ3v) is 6.27. The van der Waals surface area contributed by atoms with Crippen LogP contribution in [-0.2, 0) is 11.8 Å². The molecule has 22 heavy (non-hydrogen) atoms. The Morgan fingerprint density at radius 2 is 1.73 bits per heavy atom. The van der Waals surface area contributed by atoms with E-state index in [1.165, 1.54) is 21.9 Å². The average molecular weight is 312 g/mol. The van der Waals surface area contributed by atoms with Crippen LogP contribution in [0.5, 0.6) is 0 Å². The molecule has 0 unspecified atom stereocenters. The van der Waals surface area contributed by atoms with E-state index in [9.17, 15) is 0 Å². The molecule has 0 atom stereocenters. The average Bonchev–Trinajstić information content (AvgIpc) is 2.45. The Hall–Kier alpha value is -1.41. The van der Waals surface area contributed by atoms with Crippen LogP contribution in [-0.4, -0.2) is 13.1 Å². The molecule has 0 aliphatic heterocycles. The maximum absolute atomic E-state index is 4.78. The van der Waals surface area contributed by atoms with Crippen molar-refractivity contribution in [3.8, 4) is 11.3 Å². The Morgan fingerprint density at radius 3 is 2.27 bits per heavy atom. The van der Waals surface area contributed by atoms with E-state index in [-0.39, 0.29) is 5.41 Å². The first kappa shape index (κ1) is 16.9. The lowest BCUT2D eigenvalue weighted by Gasteiger charge is -2.22. The van der Waals surface area contributed by atoms with Crippen LogP contribution in [0.2, 0.25) is 19.6 Å². The van der Waals surface area contributed by atoms with Crippen LogP contribution in [0.25, 0.3) is 11.3 Å². The number of benzene rings is 1. The maximum Gasteiger partial charge on any atom is 0.0799 e. The third kappa shape index (κ3) is 3.67. The molecule has 118 valence electrons. The summed E-state index contributed by atoms with van der Waals surface area (Å²) >= 11 is 0. The second-order valence-electron chi connectivity index (χ2n) is 8.16. The zero-order valence-electron chi connectivity index (χ0n) is 15.1. The highest BCUT2D eigenvalue weighted by Gasteiger charge is 2.21. The third-order valence-electron chi connectivity index (χ3n) is 4.20. The van der Waals surface area contributed by atoms with Crippen LogP contribution < -0.4 is 5.19 Å². The van der Waals surface area contributed by atoms with E-state index < -0.39 is 8.07 Å². The lowest BCUT2D eigenvalue weighted by molar-refractivity contribution is 0.590. The minimum absolute atomic E-state index is 0.169. The molecule has 2 aromatic rings. The highest BCUT2D eigenvalue weighted by Crippen LogP contribution is 2.27. The minimum atomic E-state index is -1.33. The van der Waals surface area contributed by atoms with E-state index in [0.29, 0.717) is 0 Å². The quantitative estimate of drug-likeness (QED) is 0.714. The van der Waals surface area contributed by atoms with Crippen molar-refractivity contribution >= 4 is 13.3 Å². The molecule has 1 aromatic carbocycles. The first-order valence-corrected chi connectivity index (χ1v) is 11.7. The molecule has 1 nitrogen and oxygen atoms in total. The van der Waals surface area contributed by atoms with Gasteiger partial charge < -0.3 is 0 Å². The van der Waals surface area contributed by atoms with Crippen molar-refractivity contribution in [2.75, 3.05) is 0 Å². The lowest BCUT2D eigenvalue weighted by Crippen LogP contribution is -2.40. The van der Waals surface area contributed by atoms with E-state index in [4.69, 9.17) is 4.98 Å². The van der Waals surface area contributed by atoms with Crippen molar-refractivity contribution in [1.82, 2.24) is 4.98 Å². The number of pyridine rings is 1. The van der Waals surface area contributed by atoms with Gasteiger partial charge in [0.05, 0.1) is 13.8 Å². The van der Waals surface area contributed by atoms with E-state index in [2.05, 4.69) is 83.9 Å². The van der Waals surface area contributed by atoms with E-state index in [1.807, 2.05) is 0 Å². The molecule has 0 spiro atoms. The summed E-state index contributed by atoms with van der Waals surface area (Å²) in [6.07, 6.45) is 3.21. The molecule has 0 aliphatic carbocycles. The molecule has 1 heterocycles. The van der Waals surface area contributed by atoms with E-state index in [0.717, 1.165) is 12.1 Å². The molecule has 0 amide bonds. The van der Waals surface area contributed by atoms with Crippen LogP contribution in [0.3, 0.4) is 0 Å². The second kappa shape index (κ2) is 6.00. The Bertz CT molecular complexity index is 660. The summed E-state index contributed by atoms with van der Waals surface area (Å²) < 4.78 is 0. The molecule has 1 aromatic heterocycles. The number of aromatic nitrogens is 1. The summed E-state index contributed by atoms with van der Waals surface area (Å²) in [4.78, 5) is 4.78. The molecule has 2 rings (SSSR count). The fraction of sp³-hybridized carbons (Fsp3) is 0.450. The molecule has 0 bridgehead atoms. The summed E-state index contributed by atoms with van der Waals surface area (Å²) in [7, 11) is -1.33. The SMILES string of the molecule is CCc1cc(-c2cccc(C(C)(C)C)c2)ncc1[Si](C)(C)C. The van der Waals surface area contributed by atoms with E-state index in [1.54, 1.807) is 0 Å². The van der Waals surface area contributed by atoms with E-state index >= 15 is 0 Å². The molecule has 2 heteroatoms. The van der Waals surface area contributed by atoms with Crippen LogP contribution in [0.15, 0.2) is 36.5 Å². The van der Waals surface area contributed by atoms with Gasteiger partial charge in [-0.3, -0.25) is 4.98 Å². The predicted molar refractivity (Wildman–Crippen MR) is 101 cm³/mol. The molecule has 0 saturated heterocycles. The molecular formula is C20H29NSi. The Balaban J connectivity index is 2.51. The van der Waals surface area contributed by atoms with Crippen LogP contribution in [0.1, 0.15) is 38.8 Å². The minimum Gasteiger partial charge on any atom is -0.256 e. The van der Waals surface area contributed by atoms with Crippen molar-refractivity contribution < 1.29 is 0 Å². The van der Waals surface area contributed by atoms with Gasteiger partial charge in [0, 0.05) is 11.8 Å². The second-order valence-corrected chi connectivity index (χ2v) is 13.2. The fourth-order valence-corrected chi connectivity index (χ4v) is 4.43. The molecule has 0 aliphatic rings. The number of hydrogen-bond acceptors (Lipinski definition) is 1. The van der Waals surface area contributed by atoms with Crippen molar-refractivity contribution in [3.05, 3.63) is 47.7 Å². The number of rotatable bonds is 3. The number of nitrogens with zero attached hydrogens (tertiary/aromatic N) is 1. The van der Waals surface area contributed by atoms with Crippen molar-refractivity contribution in [1.29, 1.82) is 0 Å². The Morgan fingerprint density at radius 1 is 1.05 bits per heavy atom. The van der Waals surface area contributed by atoms with Crippen LogP contribution >= 0.6 is 0 Å². The van der Waals surface area contributed by atoms with Gasteiger partial charge in [0.25, 0.3) is 0 Å². The predicted octanol–water partition coefficient (Wildman–Crippen LogP) is 5.15. The maximum atomic E-state index is 4.78. The van der Waals surface area contributed by atoms with Gasteiger partial charge in [-0.05, 0) is 40.3 Å². The van der Waals surface area contributed by atoms with Crippen molar-refractivity contribution in [3.63, 3.8) is 0 Å².